The lowest BCUT2D eigenvalue weighted by atomic mass is 10.1. The first-order valence-corrected chi connectivity index (χ1v) is 9.78. The van der Waals surface area contributed by atoms with Crippen LogP contribution in [0.2, 0.25) is 0 Å². The Morgan fingerprint density at radius 3 is 2.82 bits per heavy atom. The topological polar surface area (TPSA) is 45.5 Å². The first kappa shape index (κ1) is 19.0. The molecule has 4 nitrogen and oxygen atoms in total. The third-order valence-electron chi connectivity index (χ3n) is 5.75. The number of pyridine rings is 1. The zero-order valence-corrected chi connectivity index (χ0v) is 15.9. The van der Waals surface area contributed by atoms with Gasteiger partial charge in [-0.05, 0) is 37.1 Å². The zero-order valence-electron chi connectivity index (χ0n) is 15.9. The summed E-state index contributed by atoms with van der Waals surface area (Å²) in [5.74, 6) is 0. The minimum atomic E-state index is -3.36. The molecule has 1 saturated heterocycles. The van der Waals surface area contributed by atoms with Gasteiger partial charge in [-0.15, -0.1) is 0 Å². The van der Waals surface area contributed by atoms with E-state index >= 15 is 8.78 Å². The molecule has 0 bridgehead atoms. The van der Waals surface area contributed by atoms with E-state index in [1.807, 2.05) is 13.0 Å². The number of aliphatic hydroxyl groups is 1. The Morgan fingerprint density at radius 1 is 1.29 bits per heavy atom. The molecule has 6 heteroatoms. The second kappa shape index (κ2) is 7.26. The van der Waals surface area contributed by atoms with Crippen LogP contribution in [-0.4, -0.2) is 40.3 Å². The quantitative estimate of drug-likeness (QED) is 0.873. The molecule has 1 N–H and O–H groups in total. The Balaban J connectivity index is 1.90. The van der Waals surface area contributed by atoms with Crippen molar-refractivity contribution in [2.24, 2.45) is 0 Å². The predicted octanol–water partition coefficient (Wildman–Crippen LogP) is 1.85. The van der Waals surface area contributed by atoms with Crippen molar-refractivity contribution >= 4 is 12.2 Å². The van der Waals surface area contributed by atoms with Crippen LogP contribution < -0.4 is 16.0 Å². The Labute approximate surface area is 162 Å². The first-order chi connectivity index (χ1) is 13.5. The number of hydrogen-bond acceptors (Lipinski definition) is 3. The average Bonchev–Trinajstić information content (AvgIpc) is 3.22. The van der Waals surface area contributed by atoms with Crippen LogP contribution in [0.15, 0.2) is 35.1 Å². The molecule has 0 unspecified atom stereocenters. The van der Waals surface area contributed by atoms with E-state index in [1.165, 1.54) is 6.07 Å². The highest BCUT2D eigenvalue weighted by Gasteiger charge is 2.44. The molecular weight excluding hydrogens is 362 g/mol. The van der Waals surface area contributed by atoms with Gasteiger partial charge >= 0.3 is 6.05 Å². The highest BCUT2D eigenvalue weighted by molar-refractivity contribution is 5.70. The lowest BCUT2D eigenvalue weighted by molar-refractivity contribution is -0.0316. The van der Waals surface area contributed by atoms with Crippen LogP contribution in [0.3, 0.4) is 0 Å². The van der Waals surface area contributed by atoms with Crippen molar-refractivity contribution in [1.82, 2.24) is 9.47 Å². The first-order valence-electron chi connectivity index (χ1n) is 9.78. The summed E-state index contributed by atoms with van der Waals surface area (Å²) in [6.45, 7) is 3.32. The molecule has 0 aliphatic carbocycles. The van der Waals surface area contributed by atoms with Gasteiger partial charge in [-0.1, -0.05) is 43.3 Å². The Bertz CT molecular complexity index is 1070. The van der Waals surface area contributed by atoms with Crippen LogP contribution in [0.4, 0.5) is 8.78 Å². The van der Waals surface area contributed by atoms with E-state index < -0.39 is 11.6 Å². The maximum atomic E-state index is 15.0. The molecule has 0 radical (unpaired) electrons. The standard InChI is InChI=1S/C22H24F2N2O2/c1-2-6-15-13-20-18-8-3-4-9-19(18)22(23,24)26(20)21(28)17(15)10-12-25-11-5-7-16(25)14-27/h3-4,6,8-10,13,16,27H,2,5,7,11-12,14H2,1H3/b15-6-,17-10+/t16-/m1/s1. The lowest BCUT2D eigenvalue weighted by Gasteiger charge is -2.20. The maximum Gasteiger partial charge on any atom is 0.359 e. The molecule has 4 rings (SSSR count). The minimum Gasteiger partial charge on any atom is -0.395 e. The zero-order chi connectivity index (χ0) is 19.9. The molecule has 1 atom stereocenters. The fourth-order valence-electron chi connectivity index (χ4n) is 4.35. The van der Waals surface area contributed by atoms with Gasteiger partial charge in [0, 0.05) is 23.4 Å². The van der Waals surface area contributed by atoms with Gasteiger partial charge in [0.25, 0.3) is 5.56 Å². The van der Waals surface area contributed by atoms with Crippen molar-refractivity contribution in [1.29, 1.82) is 0 Å². The highest BCUT2D eigenvalue weighted by Crippen LogP contribution is 2.43. The number of rotatable bonds is 4. The molecule has 148 valence electrons. The largest absolute Gasteiger partial charge is 0.395 e. The summed E-state index contributed by atoms with van der Waals surface area (Å²) in [5.41, 5.74) is -0.136. The van der Waals surface area contributed by atoms with E-state index in [-0.39, 0.29) is 23.9 Å². The SMILES string of the molecule is CC/C=c1/cc2n(c(=O)/c1=C/CN1CCC[C@@H]1CO)C(F)(F)c1ccccc1-2. The molecule has 28 heavy (non-hydrogen) atoms. The van der Waals surface area contributed by atoms with Crippen molar-refractivity contribution in [2.75, 3.05) is 19.7 Å². The highest BCUT2D eigenvalue weighted by atomic mass is 19.3. The molecule has 0 amide bonds. The monoisotopic (exact) mass is 386 g/mol. The number of fused-ring (bicyclic) bond motifs is 3. The number of hydrogen-bond donors (Lipinski definition) is 1. The summed E-state index contributed by atoms with van der Waals surface area (Å²) in [6.07, 6.45) is 6.24. The molecule has 1 aromatic heterocycles. The van der Waals surface area contributed by atoms with Crippen molar-refractivity contribution in [2.45, 2.75) is 38.3 Å². The normalized spacial score (nSPS) is 21.9. The van der Waals surface area contributed by atoms with Gasteiger partial charge in [0.1, 0.15) is 0 Å². The maximum absolute atomic E-state index is 15.0. The second-order valence-electron chi connectivity index (χ2n) is 7.42. The van der Waals surface area contributed by atoms with Crippen LogP contribution in [0.1, 0.15) is 31.7 Å². The van der Waals surface area contributed by atoms with Crippen LogP contribution in [0, 0.1) is 0 Å². The smallest absolute Gasteiger partial charge is 0.359 e. The molecule has 2 aliphatic heterocycles. The molecule has 0 saturated carbocycles. The number of nitrogens with zero attached hydrogens (tertiary/aromatic N) is 2. The van der Waals surface area contributed by atoms with Crippen LogP contribution in [0.25, 0.3) is 23.4 Å². The number of halogens is 2. The number of alkyl halides is 2. The van der Waals surface area contributed by atoms with Gasteiger partial charge in [0.15, 0.2) is 0 Å². The molecule has 2 aliphatic rings. The predicted molar refractivity (Wildman–Crippen MR) is 106 cm³/mol. The summed E-state index contributed by atoms with van der Waals surface area (Å²) in [6, 6.07) is 4.69. The molecule has 1 aromatic carbocycles. The molecule has 1 fully saturated rings. The van der Waals surface area contributed by atoms with Gasteiger partial charge in [0.2, 0.25) is 0 Å². The van der Waals surface area contributed by atoms with Crippen LogP contribution >= 0.6 is 0 Å². The summed E-state index contributed by atoms with van der Waals surface area (Å²) in [5, 5.41) is 10.5. The number of likely N-dealkylation sites (tertiary alicyclic amines) is 1. The van der Waals surface area contributed by atoms with Crippen LogP contribution in [-0.2, 0) is 6.05 Å². The Hall–Kier alpha value is -2.31. The summed E-state index contributed by atoms with van der Waals surface area (Å²) in [4.78, 5) is 15.3. The van der Waals surface area contributed by atoms with E-state index in [0.717, 1.165) is 19.4 Å². The van der Waals surface area contributed by atoms with E-state index in [9.17, 15) is 9.90 Å². The summed E-state index contributed by atoms with van der Waals surface area (Å²) >= 11 is 0. The number of aromatic nitrogens is 1. The van der Waals surface area contributed by atoms with Gasteiger partial charge in [-0.3, -0.25) is 9.69 Å². The van der Waals surface area contributed by atoms with Crippen molar-refractivity contribution < 1.29 is 13.9 Å². The molecule has 0 spiro atoms. The van der Waals surface area contributed by atoms with Crippen molar-refractivity contribution in [3.63, 3.8) is 0 Å². The molecular formula is C22H24F2N2O2. The number of aliphatic hydroxyl groups excluding tert-OH is 1. The lowest BCUT2D eigenvalue weighted by Crippen LogP contribution is -2.49. The van der Waals surface area contributed by atoms with E-state index in [4.69, 9.17) is 0 Å². The second-order valence-corrected chi connectivity index (χ2v) is 7.42. The van der Waals surface area contributed by atoms with E-state index in [0.29, 0.717) is 33.5 Å². The van der Waals surface area contributed by atoms with Gasteiger partial charge in [-0.25, -0.2) is 4.57 Å². The Kier molecular flexibility index (Phi) is 4.93. The van der Waals surface area contributed by atoms with E-state index in [1.54, 1.807) is 30.3 Å². The third kappa shape index (κ3) is 2.91. The molecule has 2 aromatic rings. The van der Waals surface area contributed by atoms with Gasteiger partial charge in [-0.2, -0.15) is 8.78 Å². The molecule has 3 heterocycles. The van der Waals surface area contributed by atoms with Crippen LogP contribution in [0.5, 0.6) is 0 Å². The summed E-state index contributed by atoms with van der Waals surface area (Å²) in [7, 11) is 0. The number of benzene rings is 1. The summed E-state index contributed by atoms with van der Waals surface area (Å²) < 4.78 is 30.7. The fourth-order valence-corrected chi connectivity index (χ4v) is 4.35. The minimum absolute atomic E-state index is 0.0673. The van der Waals surface area contributed by atoms with Crippen molar-refractivity contribution in [3.8, 4) is 11.3 Å². The van der Waals surface area contributed by atoms with E-state index in [2.05, 4.69) is 4.90 Å². The van der Waals surface area contributed by atoms with Gasteiger partial charge < -0.3 is 5.11 Å². The van der Waals surface area contributed by atoms with Gasteiger partial charge in [0.05, 0.1) is 17.9 Å². The van der Waals surface area contributed by atoms with Crippen molar-refractivity contribution in [3.05, 3.63) is 56.7 Å². The average molecular weight is 386 g/mol. The third-order valence-corrected chi connectivity index (χ3v) is 5.75. The fraction of sp³-hybridized carbons (Fsp3) is 0.409. The Morgan fingerprint density at radius 2 is 2.07 bits per heavy atom.